The number of amides is 1. The third kappa shape index (κ3) is 3.65. The summed E-state index contributed by atoms with van der Waals surface area (Å²) in [6.07, 6.45) is 0. The van der Waals surface area contributed by atoms with Gasteiger partial charge in [-0.15, -0.1) is 0 Å². The summed E-state index contributed by atoms with van der Waals surface area (Å²) in [4.78, 5) is 12.2. The van der Waals surface area contributed by atoms with Crippen LogP contribution in [-0.2, 0) is 0 Å². The normalized spacial score (nSPS) is 11.2. The van der Waals surface area contributed by atoms with Crippen molar-refractivity contribution in [3.63, 3.8) is 0 Å². The van der Waals surface area contributed by atoms with Crippen LogP contribution in [0.3, 0.4) is 0 Å². The predicted molar refractivity (Wildman–Crippen MR) is 83.4 cm³/mol. The molecule has 2 aromatic rings. The second kappa shape index (κ2) is 6.47. The molecule has 0 bridgehead atoms. The number of amidine groups is 1. The van der Waals surface area contributed by atoms with Gasteiger partial charge in [0.25, 0.3) is 5.91 Å². The lowest BCUT2D eigenvalue weighted by Crippen LogP contribution is -2.16. The molecule has 0 atom stereocenters. The second-order valence-corrected chi connectivity index (χ2v) is 4.99. The maximum absolute atomic E-state index is 12.2. The average molecular weight is 324 g/mol. The van der Waals surface area contributed by atoms with Crippen LogP contribution >= 0.6 is 23.2 Å². The highest BCUT2D eigenvalue weighted by Crippen LogP contribution is 2.25. The first kappa shape index (κ1) is 15.2. The summed E-state index contributed by atoms with van der Waals surface area (Å²) in [6.45, 7) is 0. The highest BCUT2D eigenvalue weighted by molar-refractivity contribution is 6.35. The van der Waals surface area contributed by atoms with Gasteiger partial charge in [-0.1, -0.05) is 40.5 Å². The fraction of sp³-hybridized carbons (Fsp3) is 0. The molecule has 0 saturated carbocycles. The number of anilines is 1. The van der Waals surface area contributed by atoms with Gasteiger partial charge in [-0.2, -0.15) is 0 Å². The third-order valence-electron chi connectivity index (χ3n) is 2.70. The Hall–Kier alpha value is -2.24. The zero-order valence-corrected chi connectivity index (χ0v) is 12.2. The number of nitrogens with zero attached hydrogens (tertiary/aromatic N) is 1. The standard InChI is InChI=1S/C14H11Cl2N3O2/c15-10-4-5-11(16)12(7-10)18-14(20)9-3-1-2-8(6-9)13(17)19-21/h1-7,21H,(H2,17,19)(H,18,20). The van der Waals surface area contributed by atoms with Gasteiger partial charge < -0.3 is 16.3 Å². The van der Waals surface area contributed by atoms with Crippen molar-refractivity contribution in [2.75, 3.05) is 5.32 Å². The largest absolute Gasteiger partial charge is 0.409 e. The lowest BCUT2D eigenvalue weighted by molar-refractivity contribution is 0.102. The van der Waals surface area contributed by atoms with Crippen LogP contribution in [0, 0.1) is 0 Å². The molecule has 0 unspecified atom stereocenters. The van der Waals surface area contributed by atoms with Crippen molar-refractivity contribution in [1.29, 1.82) is 0 Å². The van der Waals surface area contributed by atoms with E-state index in [4.69, 9.17) is 34.1 Å². The minimum absolute atomic E-state index is 0.0783. The second-order valence-electron chi connectivity index (χ2n) is 4.14. The van der Waals surface area contributed by atoms with Crippen LogP contribution in [0.2, 0.25) is 10.0 Å². The Morgan fingerprint density at radius 1 is 1.14 bits per heavy atom. The molecule has 0 aliphatic rings. The molecule has 2 rings (SSSR count). The minimum Gasteiger partial charge on any atom is -0.409 e. The van der Waals surface area contributed by atoms with Gasteiger partial charge in [0.05, 0.1) is 10.7 Å². The van der Waals surface area contributed by atoms with E-state index in [1.165, 1.54) is 6.07 Å². The molecule has 1 amide bonds. The Labute approximate surface area is 131 Å². The predicted octanol–water partition coefficient (Wildman–Crippen LogP) is 3.34. The number of nitrogens with one attached hydrogen (secondary N) is 1. The Kier molecular flexibility index (Phi) is 4.67. The fourth-order valence-corrected chi connectivity index (χ4v) is 2.00. The van der Waals surface area contributed by atoms with E-state index in [0.717, 1.165) is 0 Å². The van der Waals surface area contributed by atoms with Crippen LogP contribution < -0.4 is 11.1 Å². The third-order valence-corrected chi connectivity index (χ3v) is 3.27. The van der Waals surface area contributed by atoms with Crippen LogP contribution in [0.1, 0.15) is 15.9 Å². The molecule has 4 N–H and O–H groups in total. The summed E-state index contributed by atoms with van der Waals surface area (Å²) in [5.74, 6) is -0.461. The summed E-state index contributed by atoms with van der Waals surface area (Å²) >= 11 is 11.8. The molecule has 21 heavy (non-hydrogen) atoms. The number of rotatable bonds is 3. The summed E-state index contributed by atoms with van der Waals surface area (Å²) in [5.41, 5.74) is 6.67. The van der Waals surface area contributed by atoms with E-state index in [2.05, 4.69) is 10.5 Å². The molecule has 0 saturated heterocycles. The molecule has 0 aromatic heterocycles. The van der Waals surface area contributed by atoms with E-state index in [-0.39, 0.29) is 11.7 Å². The molecule has 0 radical (unpaired) electrons. The number of halogens is 2. The molecule has 108 valence electrons. The van der Waals surface area contributed by atoms with E-state index in [1.54, 1.807) is 36.4 Å². The van der Waals surface area contributed by atoms with Crippen molar-refractivity contribution < 1.29 is 10.0 Å². The van der Waals surface area contributed by atoms with Crippen molar-refractivity contribution in [3.8, 4) is 0 Å². The molecule has 0 fully saturated rings. The SMILES string of the molecule is N/C(=N\O)c1cccc(C(=O)Nc2cc(Cl)ccc2Cl)c1. The monoisotopic (exact) mass is 323 g/mol. The van der Waals surface area contributed by atoms with Crippen LogP contribution in [0.15, 0.2) is 47.6 Å². The molecular formula is C14H11Cl2N3O2. The summed E-state index contributed by atoms with van der Waals surface area (Å²) in [7, 11) is 0. The minimum atomic E-state index is -0.383. The Morgan fingerprint density at radius 2 is 1.86 bits per heavy atom. The van der Waals surface area contributed by atoms with Crippen molar-refractivity contribution in [3.05, 3.63) is 63.6 Å². The Bertz CT molecular complexity index is 717. The van der Waals surface area contributed by atoms with Gasteiger partial charge in [0.1, 0.15) is 0 Å². The van der Waals surface area contributed by atoms with Gasteiger partial charge in [0.15, 0.2) is 5.84 Å². The molecule has 0 spiro atoms. The Balaban J connectivity index is 2.26. The van der Waals surface area contributed by atoms with Crippen molar-refractivity contribution in [1.82, 2.24) is 0 Å². The van der Waals surface area contributed by atoms with Crippen molar-refractivity contribution >= 4 is 40.6 Å². The van der Waals surface area contributed by atoms with E-state index in [1.807, 2.05) is 0 Å². The molecule has 0 aliphatic carbocycles. The van der Waals surface area contributed by atoms with Crippen molar-refractivity contribution in [2.45, 2.75) is 0 Å². The number of hydrogen-bond acceptors (Lipinski definition) is 3. The summed E-state index contributed by atoms with van der Waals surface area (Å²) in [5, 5.41) is 15.0. The first-order valence-corrected chi connectivity index (χ1v) is 6.61. The fourth-order valence-electron chi connectivity index (χ4n) is 1.67. The molecule has 2 aromatic carbocycles. The molecule has 0 heterocycles. The number of benzene rings is 2. The van der Waals surface area contributed by atoms with Crippen LogP contribution in [0.4, 0.5) is 5.69 Å². The first-order valence-electron chi connectivity index (χ1n) is 5.85. The number of carbonyl (C=O) groups is 1. The highest BCUT2D eigenvalue weighted by atomic mass is 35.5. The zero-order chi connectivity index (χ0) is 15.4. The highest BCUT2D eigenvalue weighted by Gasteiger charge is 2.10. The van der Waals surface area contributed by atoms with E-state index in [9.17, 15) is 4.79 Å². The lowest BCUT2D eigenvalue weighted by atomic mass is 10.1. The first-order chi connectivity index (χ1) is 10.0. The van der Waals surface area contributed by atoms with Gasteiger partial charge >= 0.3 is 0 Å². The lowest BCUT2D eigenvalue weighted by Gasteiger charge is -2.08. The Morgan fingerprint density at radius 3 is 2.57 bits per heavy atom. The quantitative estimate of drug-likeness (QED) is 0.350. The van der Waals surface area contributed by atoms with Gasteiger partial charge in [0.2, 0.25) is 0 Å². The molecule has 7 heteroatoms. The number of oxime groups is 1. The van der Waals surface area contributed by atoms with Crippen LogP contribution in [-0.4, -0.2) is 17.0 Å². The van der Waals surface area contributed by atoms with Crippen molar-refractivity contribution in [2.24, 2.45) is 10.9 Å². The van der Waals surface area contributed by atoms with Crippen LogP contribution in [0.25, 0.3) is 0 Å². The average Bonchev–Trinajstić information content (AvgIpc) is 2.50. The van der Waals surface area contributed by atoms with E-state index in [0.29, 0.717) is 26.9 Å². The van der Waals surface area contributed by atoms with Gasteiger partial charge in [-0.25, -0.2) is 0 Å². The number of nitrogens with two attached hydrogens (primary N) is 1. The van der Waals surface area contributed by atoms with Crippen LogP contribution in [0.5, 0.6) is 0 Å². The molecule has 5 nitrogen and oxygen atoms in total. The topological polar surface area (TPSA) is 87.7 Å². The molecule has 0 aliphatic heterocycles. The summed E-state index contributed by atoms with van der Waals surface area (Å²) < 4.78 is 0. The van der Waals surface area contributed by atoms with E-state index < -0.39 is 0 Å². The smallest absolute Gasteiger partial charge is 0.255 e. The molecular weight excluding hydrogens is 313 g/mol. The number of hydrogen-bond donors (Lipinski definition) is 3. The van der Waals surface area contributed by atoms with E-state index >= 15 is 0 Å². The summed E-state index contributed by atoms with van der Waals surface area (Å²) in [6, 6.07) is 11.1. The maximum Gasteiger partial charge on any atom is 0.255 e. The number of carbonyl (C=O) groups excluding carboxylic acids is 1. The zero-order valence-electron chi connectivity index (χ0n) is 10.7. The maximum atomic E-state index is 12.2. The van der Waals surface area contributed by atoms with Gasteiger partial charge in [-0.05, 0) is 30.3 Å². The van der Waals surface area contributed by atoms with Gasteiger partial charge in [0, 0.05) is 16.1 Å². The van der Waals surface area contributed by atoms with Gasteiger partial charge in [-0.3, -0.25) is 4.79 Å².